The van der Waals surface area contributed by atoms with Gasteiger partial charge in [0.1, 0.15) is 0 Å². The molecule has 1 rings (SSSR count). The van der Waals surface area contributed by atoms with E-state index in [1.807, 2.05) is 0 Å². The Balaban J connectivity index is 3.45. The molecule has 0 bridgehead atoms. The van der Waals surface area contributed by atoms with E-state index in [0.717, 1.165) is 4.57 Å². The van der Waals surface area contributed by atoms with Crippen molar-refractivity contribution in [1.82, 2.24) is 14.8 Å². The van der Waals surface area contributed by atoms with Crippen molar-refractivity contribution in [3.8, 4) is 0 Å². The van der Waals surface area contributed by atoms with Crippen molar-refractivity contribution in [2.24, 2.45) is 0 Å². The fourth-order valence-electron chi connectivity index (χ4n) is 0.920. The van der Waals surface area contributed by atoms with Crippen LogP contribution < -0.4 is 11.4 Å². The standard InChI is InChI=1S/C6H11N3O2/c1-6(2,3)9-4(10)7-8-5(9)11/h1-3H3,(H,7,10)(H,8,11). The average Bonchev–Trinajstić information content (AvgIpc) is 2.08. The molecule has 5 nitrogen and oxygen atoms in total. The van der Waals surface area contributed by atoms with Crippen molar-refractivity contribution in [1.29, 1.82) is 0 Å². The average molecular weight is 157 g/mol. The summed E-state index contributed by atoms with van der Waals surface area (Å²) < 4.78 is 1.13. The van der Waals surface area contributed by atoms with Crippen molar-refractivity contribution in [2.45, 2.75) is 26.3 Å². The minimum atomic E-state index is -0.468. The first-order valence-electron chi connectivity index (χ1n) is 3.33. The van der Waals surface area contributed by atoms with E-state index in [2.05, 4.69) is 10.2 Å². The fraction of sp³-hybridized carbons (Fsp3) is 0.667. The molecule has 0 fully saturated rings. The molecule has 0 spiro atoms. The van der Waals surface area contributed by atoms with Crippen LogP contribution >= 0.6 is 0 Å². The van der Waals surface area contributed by atoms with Crippen molar-refractivity contribution in [3.05, 3.63) is 21.0 Å². The van der Waals surface area contributed by atoms with Gasteiger partial charge < -0.3 is 0 Å². The van der Waals surface area contributed by atoms with E-state index in [-0.39, 0.29) is 0 Å². The third kappa shape index (κ3) is 1.26. The van der Waals surface area contributed by atoms with Crippen LogP contribution in [0, 0.1) is 0 Å². The van der Waals surface area contributed by atoms with Gasteiger partial charge in [0.2, 0.25) is 0 Å². The van der Waals surface area contributed by atoms with Crippen molar-refractivity contribution in [2.75, 3.05) is 0 Å². The van der Waals surface area contributed by atoms with E-state index in [0.29, 0.717) is 0 Å². The van der Waals surface area contributed by atoms with E-state index < -0.39 is 16.9 Å². The Bertz CT molecular complexity index is 321. The fourth-order valence-corrected chi connectivity index (χ4v) is 0.920. The highest BCUT2D eigenvalue weighted by Gasteiger charge is 2.18. The van der Waals surface area contributed by atoms with Gasteiger partial charge >= 0.3 is 11.4 Å². The first kappa shape index (κ1) is 7.84. The molecule has 62 valence electrons. The van der Waals surface area contributed by atoms with Gasteiger partial charge in [0, 0.05) is 5.54 Å². The van der Waals surface area contributed by atoms with Crippen LogP contribution in [0.15, 0.2) is 9.59 Å². The van der Waals surface area contributed by atoms with Crippen LogP contribution in [0.5, 0.6) is 0 Å². The molecule has 0 aliphatic carbocycles. The molecule has 11 heavy (non-hydrogen) atoms. The molecule has 0 saturated heterocycles. The number of hydrogen-bond donors (Lipinski definition) is 2. The highest BCUT2D eigenvalue weighted by Crippen LogP contribution is 2.05. The molecule has 0 amide bonds. The number of hydrogen-bond acceptors (Lipinski definition) is 2. The van der Waals surface area contributed by atoms with Crippen LogP contribution in [0.25, 0.3) is 0 Å². The maximum Gasteiger partial charge on any atom is 0.344 e. The van der Waals surface area contributed by atoms with E-state index in [4.69, 9.17) is 0 Å². The largest absolute Gasteiger partial charge is 0.344 e. The van der Waals surface area contributed by atoms with Crippen molar-refractivity contribution in [3.63, 3.8) is 0 Å². The Labute approximate surface area is 63.0 Å². The van der Waals surface area contributed by atoms with Crippen molar-refractivity contribution < 1.29 is 0 Å². The van der Waals surface area contributed by atoms with Crippen LogP contribution in [0.4, 0.5) is 0 Å². The van der Waals surface area contributed by atoms with Gasteiger partial charge in [0.15, 0.2) is 0 Å². The topological polar surface area (TPSA) is 70.7 Å². The lowest BCUT2D eigenvalue weighted by Gasteiger charge is -2.16. The molecular weight excluding hydrogens is 146 g/mol. The minimum Gasteiger partial charge on any atom is -0.247 e. The molecule has 0 saturated carbocycles. The minimum absolute atomic E-state index is 0.400. The summed E-state index contributed by atoms with van der Waals surface area (Å²) in [5.41, 5.74) is -1.27. The van der Waals surface area contributed by atoms with Gasteiger partial charge in [-0.05, 0) is 20.8 Å². The first-order chi connectivity index (χ1) is 4.93. The smallest absolute Gasteiger partial charge is 0.247 e. The van der Waals surface area contributed by atoms with Crippen LogP contribution in [-0.4, -0.2) is 14.8 Å². The van der Waals surface area contributed by atoms with Gasteiger partial charge in [-0.2, -0.15) is 0 Å². The summed E-state index contributed by atoms with van der Waals surface area (Å²) in [7, 11) is 0. The number of H-pyrrole nitrogens is 2. The Morgan fingerprint density at radius 2 is 1.45 bits per heavy atom. The number of aromatic nitrogens is 3. The lowest BCUT2D eigenvalue weighted by molar-refractivity contribution is 0.374. The number of nitrogens with one attached hydrogen (secondary N) is 2. The highest BCUT2D eigenvalue weighted by atomic mass is 16.2. The van der Waals surface area contributed by atoms with Gasteiger partial charge in [0.25, 0.3) is 0 Å². The lowest BCUT2D eigenvalue weighted by Crippen LogP contribution is -2.39. The summed E-state index contributed by atoms with van der Waals surface area (Å²) in [6.07, 6.45) is 0. The van der Waals surface area contributed by atoms with E-state index in [1.165, 1.54) is 0 Å². The van der Waals surface area contributed by atoms with Gasteiger partial charge in [-0.25, -0.2) is 24.4 Å². The molecule has 0 aliphatic heterocycles. The molecule has 0 radical (unpaired) electrons. The molecule has 1 aromatic heterocycles. The highest BCUT2D eigenvalue weighted by molar-refractivity contribution is 4.77. The van der Waals surface area contributed by atoms with Gasteiger partial charge in [0.05, 0.1) is 0 Å². The predicted molar refractivity (Wildman–Crippen MR) is 40.7 cm³/mol. The van der Waals surface area contributed by atoms with Gasteiger partial charge in [-0.3, -0.25) is 0 Å². The molecular formula is C6H11N3O2. The molecule has 0 unspecified atom stereocenters. The zero-order chi connectivity index (χ0) is 8.65. The Kier molecular flexibility index (Phi) is 1.51. The quantitative estimate of drug-likeness (QED) is 0.539. The first-order valence-corrected chi connectivity index (χ1v) is 3.33. The van der Waals surface area contributed by atoms with Gasteiger partial charge in [-0.1, -0.05) is 0 Å². The third-order valence-corrected chi connectivity index (χ3v) is 1.35. The predicted octanol–water partition coefficient (Wildman–Crippen LogP) is -0.380. The summed E-state index contributed by atoms with van der Waals surface area (Å²) in [5.74, 6) is 0. The maximum absolute atomic E-state index is 11.0. The van der Waals surface area contributed by atoms with E-state index in [9.17, 15) is 9.59 Å². The molecule has 1 aromatic rings. The maximum atomic E-state index is 11.0. The Morgan fingerprint density at radius 3 is 1.64 bits per heavy atom. The van der Waals surface area contributed by atoms with Crippen LogP contribution in [0.2, 0.25) is 0 Å². The molecule has 5 heteroatoms. The zero-order valence-electron chi connectivity index (χ0n) is 6.76. The Morgan fingerprint density at radius 1 is 1.09 bits per heavy atom. The van der Waals surface area contributed by atoms with Crippen LogP contribution in [-0.2, 0) is 5.54 Å². The summed E-state index contributed by atoms with van der Waals surface area (Å²) in [5, 5.41) is 4.43. The summed E-state index contributed by atoms with van der Waals surface area (Å²) in [6, 6.07) is 0. The number of rotatable bonds is 0. The zero-order valence-corrected chi connectivity index (χ0v) is 6.76. The lowest BCUT2D eigenvalue weighted by atomic mass is 10.1. The number of nitrogens with zero attached hydrogens (tertiary/aromatic N) is 1. The second-order valence-electron chi connectivity index (χ2n) is 3.37. The van der Waals surface area contributed by atoms with Gasteiger partial charge in [-0.15, -0.1) is 0 Å². The summed E-state index contributed by atoms with van der Waals surface area (Å²) in [6.45, 7) is 5.37. The summed E-state index contributed by atoms with van der Waals surface area (Å²) in [4.78, 5) is 21.9. The summed E-state index contributed by atoms with van der Waals surface area (Å²) >= 11 is 0. The number of aromatic amines is 2. The van der Waals surface area contributed by atoms with E-state index in [1.54, 1.807) is 20.8 Å². The van der Waals surface area contributed by atoms with Crippen molar-refractivity contribution >= 4 is 0 Å². The second-order valence-corrected chi connectivity index (χ2v) is 3.37. The van der Waals surface area contributed by atoms with Crippen LogP contribution in [0.3, 0.4) is 0 Å². The molecule has 0 aromatic carbocycles. The second kappa shape index (κ2) is 2.11. The SMILES string of the molecule is CC(C)(C)n1c(=O)[nH][nH]c1=O. The monoisotopic (exact) mass is 157 g/mol. The molecule has 0 atom stereocenters. The van der Waals surface area contributed by atoms with Crippen LogP contribution in [0.1, 0.15) is 20.8 Å². The molecule has 0 aliphatic rings. The third-order valence-electron chi connectivity index (χ3n) is 1.35. The normalized spacial score (nSPS) is 11.9. The Hall–Kier alpha value is -1.26. The molecule has 1 heterocycles. The van der Waals surface area contributed by atoms with E-state index >= 15 is 0 Å². The molecule has 2 N–H and O–H groups in total.